The van der Waals surface area contributed by atoms with E-state index in [-0.39, 0.29) is 79.5 Å². The van der Waals surface area contributed by atoms with E-state index in [0.717, 1.165) is 12.0 Å². The van der Waals surface area contributed by atoms with Crippen molar-refractivity contribution in [1.82, 2.24) is 104 Å². The summed E-state index contributed by atoms with van der Waals surface area (Å²) in [5.74, 6) is -16.0. The summed E-state index contributed by atoms with van der Waals surface area (Å²) in [7, 11) is 0. The minimum atomic E-state index is -1.93. The van der Waals surface area contributed by atoms with Gasteiger partial charge in [-0.2, -0.15) is 23.5 Å². The maximum Gasteiger partial charge on any atom is 0.303 e. The highest BCUT2D eigenvalue weighted by molar-refractivity contribution is 7.98. The summed E-state index contributed by atoms with van der Waals surface area (Å²) in [6.07, 6.45) is 7.02. The van der Waals surface area contributed by atoms with Crippen LogP contribution in [0.25, 0.3) is 22.1 Å². The Morgan fingerprint density at radius 2 is 1.12 bits per heavy atom. The van der Waals surface area contributed by atoms with Crippen LogP contribution in [0.4, 0.5) is 0 Å². The average molecular weight is 1950 g/mol. The third-order valence-corrected chi connectivity index (χ3v) is 26.6. The molecule has 138 heavy (non-hydrogen) atoms. The van der Waals surface area contributed by atoms with Crippen LogP contribution in [0.5, 0.6) is 5.75 Å². The third-order valence-electron chi connectivity index (χ3n) is 24.4. The van der Waals surface area contributed by atoms with E-state index in [4.69, 9.17) is 11.5 Å². The minimum absolute atomic E-state index is 0.0357. The van der Waals surface area contributed by atoms with Gasteiger partial charge in [-0.25, -0.2) is 15.0 Å². The third kappa shape index (κ3) is 31.0. The average Bonchev–Trinajstić information content (AvgIpc) is 1.19. The molecule has 15 amide bonds. The number of imidazole rings is 1. The first-order valence-electron chi connectivity index (χ1n) is 46.5. The summed E-state index contributed by atoms with van der Waals surface area (Å²) < 4.78 is 0. The smallest absolute Gasteiger partial charge is 0.303 e. The van der Waals surface area contributed by atoms with Crippen LogP contribution in [-0.2, 0) is 114 Å². The Bertz CT molecular complexity index is 5410. The molecule has 0 unspecified atom stereocenters. The molecule has 1 saturated heterocycles. The molecule has 5 aromatic heterocycles. The lowest BCUT2D eigenvalue weighted by Crippen LogP contribution is -2.63. The fourth-order valence-corrected chi connectivity index (χ4v) is 19.0. The Hall–Kier alpha value is -13.1. The number of aromatic hydroxyl groups is 1. The molecule has 7 aromatic rings. The van der Waals surface area contributed by atoms with Gasteiger partial charge in [-0.1, -0.05) is 89.8 Å². The Kier molecular flexibility index (Phi) is 39.8. The van der Waals surface area contributed by atoms with Crippen molar-refractivity contribution in [2.75, 3.05) is 24.6 Å². The molecule has 0 spiro atoms. The van der Waals surface area contributed by atoms with E-state index in [1.807, 2.05) is 6.07 Å². The fraction of sp³-hybridized carbons (Fsp3) is 0.521. The number of rotatable bonds is 26. The highest BCUT2D eigenvalue weighted by Gasteiger charge is 2.45. The second kappa shape index (κ2) is 51.4. The number of primary amides is 1. The Morgan fingerprint density at radius 1 is 0.565 bits per heavy atom. The van der Waals surface area contributed by atoms with E-state index < -0.39 is 228 Å². The summed E-state index contributed by atoms with van der Waals surface area (Å²) >= 11 is 2.40. The minimum Gasteiger partial charge on any atom is -0.508 e. The molecule has 16 atom stereocenters. The second-order valence-corrected chi connectivity index (χ2v) is 38.4. The number of phenols is 1. The Balaban J connectivity index is 1.02. The number of aromatic nitrogens is 6. The Labute approximate surface area is 806 Å². The number of amides is 15. The number of H-pyrrole nitrogens is 3. The molecule has 2 fully saturated rings. The van der Waals surface area contributed by atoms with Gasteiger partial charge in [0.15, 0.2) is 0 Å². The predicted molar refractivity (Wildman–Crippen MR) is 511 cm³/mol. The first-order valence-corrected chi connectivity index (χ1v) is 48.8. The molecule has 10 rings (SSSR count). The highest BCUT2D eigenvalue weighted by atomic mass is 32.2. The zero-order valence-electron chi connectivity index (χ0n) is 78.3. The number of carboxylic acids is 1. The molecule has 7 heterocycles. The molecule has 3 aliphatic rings. The molecule has 0 radical (unpaired) electrons. The number of thioether (sulfide) groups is 2. The summed E-state index contributed by atoms with van der Waals surface area (Å²) in [4.78, 5) is 258. The normalized spacial score (nSPS) is 23.6. The summed E-state index contributed by atoms with van der Waals surface area (Å²) in [6.45, 7) is 10.5. The van der Waals surface area contributed by atoms with E-state index >= 15 is 47.9 Å². The monoisotopic (exact) mass is 1950 g/mol. The maximum atomic E-state index is 15.6. The number of carboxylic acid groups (broad SMARTS) is 1. The lowest BCUT2D eigenvalue weighted by Gasteiger charge is -2.34. The number of aliphatic carboxylic acids is 1. The van der Waals surface area contributed by atoms with Gasteiger partial charge in [-0.3, -0.25) is 76.7 Å². The van der Waals surface area contributed by atoms with Crippen LogP contribution in [0.1, 0.15) is 172 Å². The van der Waals surface area contributed by atoms with Gasteiger partial charge in [0.25, 0.3) is 0 Å². The maximum absolute atomic E-state index is 15.6. The van der Waals surface area contributed by atoms with Crippen molar-refractivity contribution < 1.29 is 97.1 Å². The lowest BCUT2D eigenvalue weighted by molar-refractivity contribution is -0.143. The SMILES string of the molecule is CCC[C@H](NC(=O)[C@H](CCCCN)NC(C)=O)C(=O)N[C@H]1CSCc2cccc(c2)CSC[C@@H](C(N)=O)NC(=O)[C@H]([C@@H](C)O)NC(=O)[C@H](C2CCCCC2)NC(=O)[C@H](Cc2c[nH]c3ncccc23)NC(=O)[C@H](Cc2c[nH]cn2)NC(=O)[C@H](CCC(=O)O)NC(=O)[C@H](Cc2c[nH]c3ncccc23)NC(=O)[C@H]([C@@H](C)O)NC(=O)[C@@H]2CCCN2C(=O)[C@H](Cc2ccc(O)cc2)NC(=O)[C@H](C(C)(C)C)NC1=O. The van der Waals surface area contributed by atoms with Gasteiger partial charge in [0, 0.05) is 110 Å². The van der Waals surface area contributed by atoms with E-state index in [1.54, 1.807) is 76.4 Å². The van der Waals surface area contributed by atoms with Crippen molar-refractivity contribution >= 4 is 140 Å². The molecule has 1 aliphatic carbocycles. The Morgan fingerprint density at radius 3 is 1.69 bits per heavy atom. The topological polar surface area (TPSA) is 652 Å². The number of carbonyl (C=O) groups is 16. The van der Waals surface area contributed by atoms with Crippen LogP contribution < -0.4 is 80.6 Å². The molecule has 44 heteroatoms. The van der Waals surface area contributed by atoms with Crippen molar-refractivity contribution in [3.05, 3.63) is 144 Å². The molecule has 746 valence electrons. The largest absolute Gasteiger partial charge is 0.508 e. The molecule has 1 saturated carbocycles. The molecule has 2 aromatic carbocycles. The van der Waals surface area contributed by atoms with Crippen molar-refractivity contribution in [2.24, 2.45) is 22.8 Å². The van der Waals surface area contributed by atoms with Gasteiger partial charge >= 0.3 is 5.97 Å². The summed E-state index contributed by atoms with van der Waals surface area (Å²) in [5, 5.41) is 79.7. The number of pyridine rings is 2. The van der Waals surface area contributed by atoms with Gasteiger partial charge in [-0.05, 0) is 154 Å². The van der Waals surface area contributed by atoms with Gasteiger partial charge in [0.05, 0.1) is 24.2 Å². The van der Waals surface area contributed by atoms with Crippen molar-refractivity contribution in [2.45, 2.75) is 272 Å². The fourth-order valence-electron chi connectivity index (χ4n) is 17.0. The second-order valence-electron chi connectivity index (χ2n) is 36.3. The number of benzene rings is 2. The summed E-state index contributed by atoms with van der Waals surface area (Å²) in [6, 6.07) is -2.36. The van der Waals surface area contributed by atoms with Gasteiger partial charge in [0.2, 0.25) is 88.6 Å². The van der Waals surface area contributed by atoms with E-state index in [9.17, 15) is 49.2 Å². The number of hydrogen-bond donors (Lipinski definition) is 22. The molecule has 24 N–H and O–H groups in total. The number of hydrogen-bond acceptors (Lipinski definition) is 25. The zero-order valence-corrected chi connectivity index (χ0v) is 79.9. The van der Waals surface area contributed by atoms with Crippen LogP contribution in [0.2, 0.25) is 0 Å². The number of carbonyl (C=O) groups excluding carboxylic acids is 15. The van der Waals surface area contributed by atoms with E-state index in [2.05, 4.69) is 99.0 Å². The van der Waals surface area contributed by atoms with Crippen LogP contribution >= 0.6 is 23.5 Å². The number of aromatic amines is 3. The molecule has 2 aliphatic heterocycles. The number of unbranched alkanes of at least 4 members (excludes halogenated alkanes) is 1. The number of phenolic OH excluding ortho intramolecular Hbond substituents is 1. The quantitative estimate of drug-likeness (QED) is 0.0324. The van der Waals surface area contributed by atoms with Crippen molar-refractivity contribution in [1.29, 1.82) is 0 Å². The van der Waals surface area contributed by atoms with Crippen LogP contribution in [0, 0.1) is 11.3 Å². The van der Waals surface area contributed by atoms with Crippen molar-refractivity contribution in [3.8, 4) is 5.75 Å². The van der Waals surface area contributed by atoms with E-state index in [0.29, 0.717) is 95.8 Å². The zero-order chi connectivity index (χ0) is 100. The van der Waals surface area contributed by atoms with Crippen molar-refractivity contribution in [3.63, 3.8) is 0 Å². The first kappa shape index (κ1) is 107. The van der Waals surface area contributed by atoms with Crippen LogP contribution in [0.3, 0.4) is 0 Å². The molecular weight excluding hydrogens is 1820 g/mol. The number of aliphatic hydroxyl groups is 2. The molecule has 42 nitrogen and oxygen atoms in total. The number of aliphatic hydroxyl groups excluding tert-OH is 2. The molecular formula is C94H128N22O20S2. The number of nitrogens with two attached hydrogens (primary N) is 2. The summed E-state index contributed by atoms with van der Waals surface area (Å²) in [5.41, 5.74) is 14.1. The highest BCUT2D eigenvalue weighted by Crippen LogP contribution is 2.30. The standard InChI is InChI=1S/C94H128N22O20S2/c1-8-18-63(104-82(125)64(103-52(4)119)25-12-13-33-95)81(124)111-71-48-138-46-55-20-14-19-54(37-55)45-137-47-70(78(96)123)110-90(133)75(51(3)118)113-91(134)76(56-21-10-9-11-22-56)114-86(129)67(40-58-43-101-80-62(58)24-16-35-99-80)106-85(128)68(41-59-44-97-49-102-59)107-83(126)65(31-32-73(121)122)105-84(127)66(39-57-42-100-79-61(57)23-15-34-98-79)108-89(132)74(50(2)117)112-88(131)72-26-17-36-116(72)93(136)69(38-53-27-29-60(120)30-28-53)109-92(135)77(94(5,6)7)115-87(71)130/h14-16,19-20,23-24,27-30,34-35,37,42-44,49-51,56,63-72,74-77,117-118,120H,8-13,17-18,21-22,25-26,31-33,36,38-41,45-48,95H2,1-7H3,(H2,96,123)(H,97,102)(H,98,100)(H,99,101)(H,103,119)(H,104,125)(H,105,127)(H,106,128)(H,107,126)(H,108,132)(H,109,135)(H,110,133)(H,111,124)(H,112,131)(H,113,134)(H,114,129)(H,115,130)(H,121,122)/t50-,51-,63+,64+,65+,66+,67+,68+,69+,70+,71+,72+,74+,75+,76+,77-/m1/s1. The van der Waals surface area contributed by atoms with Crippen LogP contribution in [0.15, 0.2) is 110 Å². The van der Waals surface area contributed by atoms with Gasteiger partial charge in [0.1, 0.15) is 102 Å². The van der Waals surface area contributed by atoms with Crippen LogP contribution in [-0.4, -0.2) is 271 Å². The van der Waals surface area contributed by atoms with Gasteiger partial charge < -0.3 is 121 Å². The lowest BCUT2D eigenvalue weighted by atomic mass is 9.83. The van der Waals surface area contributed by atoms with Gasteiger partial charge in [-0.15, -0.1) is 0 Å². The number of nitrogens with one attached hydrogen (secondary N) is 16. The first-order chi connectivity index (χ1) is 65.9. The predicted octanol–water partition coefficient (Wildman–Crippen LogP) is 0.299. The number of fused-ring (bicyclic) bond motifs is 5. The molecule has 2 bridgehead atoms. The number of nitrogens with zero attached hydrogens (tertiary/aromatic N) is 4. The van der Waals surface area contributed by atoms with E-state index in [1.165, 1.54) is 105 Å².